The van der Waals surface area contributed by atoms with Crippen molar-refractivity contribution in [2.45, 2.75) is 32.0 Å². The minimum Gasteiger partial charge on any atom is -0.481 e. The first-order valence-electron chi connectivity index (χ1n) is 4.14. The lowest BCUT2D eigenvalue weighted by molar-refractivity contribution is -0.139. The fourth-order valence-corrected chi connectivity index (χ4v) is 0.818. The van der Waals surface area contributed by atoms with Gasteiger partial charge in [-0.15, -0.1) is 0 Å². The predicted octanol–water partition coefficient (Wildman–Crippen LogP) is -0.817. The summed E-state index contributed by atoms with van der Waals surface area (Å²) in [4.78, 5) is 10.1. The number of aliphatic carboxylic acids is 1. The Morgan fingerprint density at radius 1 is 1.54 bits per heavy atom. The number of rotatable bonds is 6. The Labute approximate surface area is 77.4 Å². The van der Waals surface area contributed by atoms with Gasteiger partial charge in [0, 0.05) is 13.1 Å². The minimum atomic E-state index is -1.03. The highest BCUT2D eigenvalue weighted by Gasteiger charge is 2.13. The van der Waals surface area contributed by atoms with Crippen LogP contribution in [0, 0.1) is 0 Å². The Morgan fingerprint density at radius 2 is 2.08 bits per heavy atom. The topological polar surface area (TPSA) is 89.8 Å². The van der Waals surface area contributed by atoms with Crippen LogP contribution >= 0.6 is 0 Å². The van der Waals surface area contributed by atoms with Gasteiger partial charge in [-0.05, 0) is 13.8 Å². The third kappa shape index (κ3) is 9.26. The average Bonchev–Trinajstić information content (AvgIpc) is 1.81. The number of carboxylic acids is 1. The van der Waals surface area contributed by atoms with Gasteiger partial charge in [0.15, 0.2) is 0 Å². The lowest BCUT2D eigenvalue weighted by atomic mass is 10.1. The normalized spacial score (nSPS) is 14.2. The molecule has 13 heavy (non-hydrogen) atoms. The number of hydrogen-bond acceptors (Lipinski definition) is 4. The number of aliphatic hydroxyl groups is 2. The third-order valence-corrected chi connectivity index (χ3v) is 1.35. The van der Waals surface area contributed by atoms with E-state index < -0.39 is 17.7 Å². The quantitative estimate of drug-likeness (QED) is 0.440. The van der Waals surface area contributed by atoms with Crippen LogP contribution in [-0.2, 0) is 4.79 Å². The third-order valence-electron chi connectivity index (χ3n) is 1.35. The van der Waals surface area contributed by atoms with E-state index in [1.165, 1.54) is 0 Å². The Kier molecular flexibility index (Phi) is 4.90. The van der Waals surface area contributed by atoms with Crippen LogP contribution < -0.4 is 5.32 Å². The van der Waals surface area contributed by atoms with Gasteiger partial charge in [0.2, 0.25) is 0 Å². The van der Waals surface area contributed by atoms with Crippen molar-refractivity contribution in [1.82, 2.24) is 5.32 Å². The summed E-state index contributed by atoms with van der Waals surface area (Å²) in [6.07, 6.45) is -1.18. The summed E-state index contributed by atoms with van der Waals surface area (Å²) in [5.74, 6) is -1.03. The fraction of sp³-hybridized carbons (Fsp3) is 0.875. The Balaban J connectivity index is 3.48. The summed E-state index contributed by atoms with van der Waals surface area (Å²) < 4.78 is 0. The summed E-state index contributed by atoms with van der Waals surface area (Å²) >= 11 is 0. The van der Waals surface area contributed by atoms with E-state index in [2.05, 4.69) is 5.32 Å². The Hall–Kier alpha value is -0.650. The average molecular weight is 191 g/mol. The molecule has 0 heterocycles. The second kappa shape index (κ2) is 5.16. The molecule has 0 bridgehead atoms. The van der Waals surface area contributed by atoms with E-state index in [1.807, 2.05) is 0 Å². The molecule has 1 atom stereocenters. The second-order valence-electron chi connectivity index (χ2n) is 3.70. The first-order valence-corrected chi connectivity index (χ1v) is 4.14. The first kappa shape index (κ1) is 12.3. The number of hydrogen-bond donors (Lipinski definition) is 4. The van der Waals surface area contributed by atoms with Gasteiger partial charge in [0.05, 0.1) is 18.1 Å². The largest absolute Gasteiger partial charge is 0.481 e. The molecule has 0 saturated heterocycles. The molecule has 0 aliphatic carbocycles. The van der Waals surface area contributed by atoms with E-state index in [1.54, 1.807) is 13.8 Å². The van der Waals surface area contributed by atoms with Crippen molar-refractivity contribution in [2.24, 2.45) is 0 Å². The number of nitrogens with one attached hydrogen (secondary N) is 1. The van der Waals surface area contributed by atoms with Gasteiger partial charge < -0.3 is 20.6 Å². The monoisotopic (exact) mass is 191 g/mol. The van der Waals surface area contributed by atoms with Crippen LogP contribution in [-0.4, -0.2) is 46.1 Å². The highest BCUT2D eigenvalue weighted by atomic mass is 16.4. The highest BCUT2D eigenvalue weighted by molar-refractivity contribution is 5.67. The molecule has 0 aromatic rings. The van der Waals surface area contributed by atoms with E-state index in [-0.39, 0.29) is 13.0 Å². The zero-order chi connectivity index (χ0) is 10.5. The SMILES string of the molecule is CC(C)(O)CNCC(O)CC(=O)O. The molecule has 5 heteroatoms. The van der Waals surface area contributed by atoms with Crippen molar-refractivity contribution in [3.63, 3.8) is 0 Å². The number of carbonyl (C=O) groups is 1. The maximum Gasteiger partial charge on any atom is 0.306 e. The van der Waals surface area contributed by atoms with Crippen molar-refractivity contribution >= 4 is 5.97 Å². The van der Waals surface area contributed by atoms with Gasteiger partial charge in [-0.1, -0.05) is 0 Å². The molecule has 0 amide bonds. The van der Waals surface area contributed by atoms with Crippen molar-refractivity contribution < 1.29 is 20.1 Å². The number of carboxylic acid groups (broad SMARTS) is 1. The van der Waals surface area contributed by atoms with Crippen LogP contribution in [0.1, 0.15) is 20.3 Å². The molecule has 0 aromatic carbocycles. The molecule has 0 spiro atoms. The lowest BCUT2D eigenvalue weighted by Crippen LogP contribution is -2.39. The van der Waals surface area contributed by atoms with Gasteiger partial charge in [-0.3, -0.25) is 4.79 Å². The van der Waals surface area contributed by atoms with E-state index in [0.29, 0.717) is 6.54 Å². The summed E-state index contributed by atoms with van der Waals surface area (Å²) in [6.45, 7) is 3.76. The van der Waals surface area contributed by atoms with E-state index in [4.69, 9.17) is 10.2 Å². The minimum absolute atomic E-state index is 0.177. The fourth-order valence-electron chi connectivity index (χ4n) is 0.818. The van der Waals surface area contributed by atoms with E-state index >= 15 is 0 Å². The second-order valence-corrected chi connectivity index (χ2v) is 3.70. The molecule has 0 rings (SSSR count). The Morgan fingerprint density at radius 3 is 2.46 bits per heavy atom. The van der Waals surface area contributed by atoms with Gasteiger partial charge >= 0.3 is 5.97 Å². The van der Waals surface area contributed by atoms with Crippen LogP contribution in [0.4, 0.5) is 0 Å². The van der Waals surface area contributed by atoms with Gasteiger partial charge in [-0.2, -0.15) is 0 Å². The maximum atomic E-state index is 10.1. The lowest BCUT2D eigenvalue weighted by Gasteiger charge is -2.18. The Bertz CT molecular complexity index is 164. The summed E-state index contributed by atoms with van der Waals surface area (Å²) in [5, 5.41) is 29.4. The molecular weight excluding hydrogens is 174 g/mol. The van der Waals surface area contributed by atoms with Gasteiger partial charge in [0.25, 0.3) is 0 Å². The van der Waals surface area contributed by atoms with Crippen molar-refractivity contribution in [2.75, 3.05) is 13.1 Å². The van der Waals surface area contributed by atoms with E-state index in [9.17, 15) is 9.90 Å². The molecule has 0 aromatic heterocycles. The van der Waals surface area contributed by atoms with Crippen LogP contribution in [0.5, 0.6) is 0 Å². The van der Waals surface area contributed by atoms with Crippen molar-refractivity contribution in [3.8, 4) is 0 Å². The van der Waals surface area contributed by atoms with Crippen LogP contribution in [0.15, 0.2) is 0 Å². The molecule has 4 N–H and O–H groups in total. The summed E-state index contributed by atoms with van der Waals surface area (Å²) in [6, 6.07) is 0. The van der Waals surface area contributed by atoms with Gasteiger partial charge in [-0.25, -0.2) is 0 Å². The molecule has 78 valence electrons. The molecule has 0 fully saturated rings. The number of aliphatic hydroxyl groups excluding tert-OH is 1. The van der Waals surface area contributed by atoms with Crippen LogP contribution in [0.25, 0.3) is 0 Å². The molecule has 0 aliphatic rings. The van der Waals surface area contributed by atoms with E-state index in [0.717, 1.165) is 0 Å². The zero-order valence-corrected chi connectivity index (χ0v) is 7.95. The molecule has 1 unspecified atom stereocenters. The maximum absolute atomic E-state index is 10.1. The van der Waals surface area contributed by atoms with Crippen molar-refractivity contribution in [3.05, 3.63) is 0 Å². The standard InChI is InChI=1S/C8H17NO4/c1-8(2,13)5-9-4-6(10)3-7(11)12/h6,9-10,13H,3-5H2,1-2H3,(H,11,12). The summed E-state index contributed by atoms with van der Waals surface area (Å²) in [7, 11) is 0. The predicted molar refractivity (Wildman–Crippen MR) is 47.4 cm³/mol. The van der Waals surface area contributed by atoms with Crippen LogP contribution in [0.3, 0.4) is 0 Å². The first-order chi connectivity index (χ1) is 5.81. The molecule has 0 aliphatic heterocycles. The van der Waals surface area contributed by atoms with Crippen LogP contribution in [0.2, 0.25) is 0 Å². The van der Waals surface area contributed by atoms with Gasteiger partial charge in [0.1, 0.15) is 0 Å². The molecule has 0 radical (unpaired) electrons. The zero-order valence-electron chi connectivity index (χ0n) is 7.95. The smallest absolute Gasteiger partial charge is 0.306 e. The summed E-state index contributed by atoms with van der Waals surface area (Å²) in [5.41, 5.74) is -0.844. The molecule has 5 nitrogen and oxygen atoms in total. The van der Waals surface area contributed by atoms with Crippen molar-refractivity contribution in [1.29, 1.82) is 0 Å². The molecule has 0 saturated carbocycles. The molecular formula is C8H17NO4. The highest BCUT2D eigenvalue weighted by Crippen LogP contribution is 1.97.